The van der Waals surface area contributed by atoms with Gasteiger partial charge in [-0.1, -0.05) is 0 Å². The standard InChI is InChI=1S/C7H7BrN2OS.C7H8N2OS/c8-6-7(9-4-12-6)10-3-1-2-5(10)11;10-7-2-1-3-9(7)6-4-11-5-8-6/h4H,1-3H2;4-5H,1-3H2. The molecule has 0 aromatic carbocycles. The highest BCUT2D eigenvalue weighted by Crippen LogP contribution is 2.31. The molecule has 2 aliphatic rings. The number of carbonyl (C=O) groups excluding carboxylic acids is 2. The lowest BCUT2D eigenvalue weighted by atomic mass is 10.4. The largest absolute Gasteiger partial charge is 0.296 e. The first-order valence-electron chi connectivity index (χ1n) is 7.24. The Morgan fingerprint density at radius 1 is 1.00 bits per heavy atom. The molecule has 0 N–H and O–H groups in total. The zero-order valence-corrected chi connectivity index (χ0v) is 15.5. The molecule has 2 saturated heterocycles. The number of nitrogens with zero attached hydrogens (tertiary/aromatic N) is 4. The summed E-state index contributed by atoms with van der Waals surface area (Å²) in [6, 6.07) is 0. The maximum absolute atomic E-state index is 11.3. The van der Waals surface area contributed by atoms with Gasteiger partial charge in [0.2, 0.25) is 11.8 Å². The van der Waals surface area contributed by atoms with E-state index in [1.165, 1.54) is 22.7 Å². The summed E-state index contributed by atoms with van der Waals surface area (Å²) in [6.45, 7) is 1.64. The molecule has 2 aliphatic heterocycles. The zero-order valence-electron chi connectivity index (χ0n) is 12.3. The Balaban J connectivity index is 0.000000136. The molecule has 0 bridgehead atoms. The summed E-state index contributed by atoms with van der Waals surface area (Å²) in [5.41, 5.74) is 3.49. The van der Waals surface area contributed by atoms with Gasteiger partial charge in [-0.15, -0.1) is 22.7 Å². The van der Waals surface area contributed by atoms with Crippen LogP contribution in [0.1, 0.15) is 25.7 Å². The number of amides is 2. The summed E-state index contributed by atoms with van der Waals surface area (Å²) in [7, 11) is 0. The molecule has 2 aromatic heterocycles. The van der Waals surface area contributed by atoms with Gasteiger partial charge >= 0.3 is 0 Å². The number of halogens is 1. The van der Waals surface area contributed by atoms with Crippen LogP contribution < -0.4 is 9.80 Å². The number of aromatic nitrogens is 2. The number of anilines is 2. The minimum atomic E-state index is 0.182. The van der Waals surface area contributed by atoms with Gasteiger partial charge in [-0.3, -0.25) is 19.4 Å². The van der Waals surface area contributed by atoms with Gasteiger partial charge in [0.1, 0.15) is 9.60 Å². The van der Waals surface area contributed by atoms with Crippen molar-refractivity contribution in [2.45, 2.75) is 25.7 Å². The first-order valence-corrected chi connectivity index (χ1v) is 9.86. The molecule has 2 fully saturated rings. The highest BCUT2D eigenvalue weighted by Gasteiger charge is 2.25. The predicted molar refractivity (Wildman–Crippen MR) is 95.1 cm³/mol. The van der Waals surface area contributed by atoms with Crippen molar-refractivity contribution in [2.24, 2.45) is 0 Å². The lowest BCUT2D eigenvalue weighted by Crippen LogP contribution is -2.24. The van der Waals surface area contributed by atoms with Crippen molar-refractivity contribution in [1.29, 1.82) is 0 Å². The zero-order chi connectivity index (χ0) is 16.2. The van der Waals surface area contributed by atoms with Gasteiger partial charge in [-0.2, -0.15) is 0 Å². The first kappa shape index (κ1) is 16.5. The summed E-state index contributed by atoms with van der Waals surface area (Å²) in [5, 5.41) is 1.91. The second-order valence-electron chi connectivity index (χ2n) is 5.09. The predicted octanol–water partition coefficient (Wildman–Crippen LogP) is 3.30. The molecule has 0 radical (unpaired) electrons. The molecule has 0 spiro atoms. The van der Waals surface area contributed by atoms with Crippen LogP contribution in [0.25, 0.3) is 0 Å². The van der Waals surface area contributed by atoms with Crippen LogP contribution in [0.4, 0.5) is 11.6 Å². The van der Waals surface area contributed by atoms with Crippen LogP contribution in [0, 0.1) is 0 Å². The molecule has 23 heavy (non-hydrogen) atoms. The van der Waals surface area contributed by atoms with Gasteiger partial charge in [0.25, 0.3) is 0 Å². The molecule has 0 aliphatic carbocycles. The maximum Gasteiger partial charge on any atom is 0.228 e. The molecule has 0 unspecified atom stereocenters. The number of hydrogen-bond acceptors (Lipinski definition) is 6. The summed E-state index contributed by atoms with van der Waals surface area (Å²) in [5.74, 6) is 1.98. The highest BCUT2D eigenvalue weighted by atomic mass is 79.9. The molecule has 122 valence electrons. The molecule has 4 heterocycles. The molecular weight excluding hydrogens is 400 g/mol. The minimum absolute atomic E-state index is 0.182. The Morgan fingerprint density at radius 3 is 2.17 bits per heavy atom. The molecule has 4 rings (SSSR count). The Labute approximate surface area is 150 Å². The molecule has 2 amide bonds. The van der Waals surface area contributed by atoms with Gasteiger partial charge in [0, 0.05) is 31.3 Å². The third kappa shape index (κ3) is 3.78. The lowest BCUT2D eigenvalue weighted by molar-refractivity contribution is -0.117. The van der Waals surface area contributed by atoms with Crippen molar-refractivity contribution < 1.29 is 9.59 Å². The number of hydrogen-bond donors (Lipinski definition) is 0. The van der Waals surface area contributed by atoms with Crippen molar-refractivity contribution in [3.8, 4) is 0 Å². The fourth-order valence-corrected chi connectivity index (χ4v) is 4.12. The molecular formula is C14H15BrN4O2S2. The van der Waals surface area contributed by atoms with Crippen molar-refractivity contribution in [3.05, 3.63) is 20.2 Å². The van der Waals surface area contributed by atoms with E-state index in [-0.39, 0.29) is 11.8 Å². The SMILES string of the molecule is O=C1CCCN1c1cscn1.O=C1CCCN1c1ncsc1Br. The van der Waals surface area contributed by atoms with E-state index in [0.29, 0.717) is 12.8 Å². The number of rotatable bonds is 2. The Hall–Kier alpha value is -1.32. The molecule has 0 atom stereocenters. The fraction of sp³-hybridized carbons (Fsp3) is 0.429. The minimum Gasteiger partial charge on any atom is -0.296 e. The highest BCUT2D eigenvalue weighted by molar-refractivity contribution is 9.11. The van der Waals surface area contributed by atoms with E-state index in [2.05, 4.69) is 25.9 Å². The van der Waals surface area contributed by atoms with Crippen LogP contribution >= 0.6 is 38.6 Å². The van der Waals surface area contributed by atoms with Crippen molar-refractivity contribution in [3.63, 3.8) is 0 Å². The third-order valence-electron chi connectivity index (χ3n) is 3.61. The van der Waals surface area contributed by atoms with Crippen LogP contribution in [0.15, 0.2) is 20.2 Å². The topological polar surface area (TPSA) is 66.4 Å². The Bertz CT molecular complexity index is 689. The molecule has 9 heteroatoms. The first-order chi connectivity index (χ1) is 11.2. The van der Waals surface area contributed by atoms with Gasteiger partial charge in [-0.05, 0) is 28.8 Å². The molecule has 2 aromatic rings. The van der Waals surface area contributed by atoms with E-state index in [0.717, 1.165) is 41.4 Å². The second kappa shape index (κ2) is 7.50. The van der Waals surface area contributed by atoms with Crippen LogP contribution in [0.2, 0.25) is 0 Å². The van der Waals surface area contributed by atoms with E-state index >= 15 is 0 Å². The Morgan fingerprint density at radius 2 is 1.70 bits per heavy atom. The Kier molecular flexibility index (Phi) is 5.39. The van der Waals surface area contributed by atoms with Crippen LogP contribution in [0.5, 0.6) is 0 Å². The average molecular weight is 415 g/mol. The molecule has 6 nitrogen and oxygen atoms in total. The summed E-state index contributed by atoms with van der Waals surface area (Å²) < 4.78 is 0.942. The lowest BCUT2D eigenvalue weighted by Gasteiger charge is -2.11. The van der Waals surface area contributed by atoms with Crippen molar-refractivity contribution in [2.75, 3.05) is 22.9 Å². The quantitative estimate of drug-likeness (QED) is 0.755. The molecule has 0 saturated carbocycles. The maximum atomic E-state index is 11.3. The summed E-state index contributed by atoms with van der Waals surface area (Å²) in [6.07, 6.45) is 3.25. The van der Waals surface area contributed by atoms with Gasteiger partial charge in [-0.25, -0.2) is 9.97 Å². The monoisotopic (exact) mass is 414 g/mol. The van der Waals surface area contributed by atoms with Gasteiger partial charge in [0.15, 0.2) is 5.82 Å². The van der Waals surface area contributed by atoms with E-state index in [1.807, 2.05) is 5.38 Å². The number of thiazole rings is 2. The fourth-order valence-electron chi connectivity index (χ4n) is 2.50. The van der Waals surface area contributed by atoms with Gasteiger partial charge < -0.3 is 0 Å². The van der Waals surface area contributed by atoms with Gasteiger partial charge in [0.05, 0.1) is 11.0 Å². The van der Waals surface area contributed by atoms with Crippen molar-refractivity contribution in [1.82, 2.24) is 9.97 Å². The summed E-state index contributed by atoms with van der Waals surface area (Å²) in [4.78, 5) is 34.1. The van der Waals surface area contributed by atoms with Crippen LogP contribution in [0.3, 0.4) is 0 Å². The smallest absolute Gasteiger partial charge is 0.228 e. The van der Waals surface area contributed by atoms with Crippen LogP contribution in [-0.4, -0.2) is 34.9 Å². The average Bonchev–Trinajstić information content (AvgIpc) is 3.27. The summed E-state index contributed by atoms with van der Waals surface area (Å²) >= 11 is 6.39. The normalized spacial score (nSPS) is 17.6. The number of carbonyl (C=O) groups is 2. The van der Waals surface area contributed by atoms with Crippen LogP contribution in [-0.2, 0) is 9.59 Å². The van der Waals surface area contributed by atoms with Crippen molar-refractivity contribution >= 4 is 62.1 Å². The van der Waals surface area contributed by atoms with E-state index in [4.69, 9.17) is 0 Å². The van der Waals surface area contributed by atoms with E-state index < -0.39 is 0 Å². The second-order valence-corrected chi connectivity index (χ2v) is 7.99. The van der Waals surface area contributed by atoms with E-state index in [9.17, 15) is 9.59 Å². The van der Waals surface area contributed by atoms with E-state index in [1.54, 1.807) is 20.8 Å². The third-order valence-corrected chi connectivity index (χ3v) is 5.70.